The molecule has 0 atom stereocenters. The molecule has 0 aliphatic heterocycles. The van der Waals surface area contributed by atoms with Crippen LogP contribution in [0.2, 0.25) is 0 Å². The largest absolute Gasteiger partial charge is 0.741 e. The summed E-state index contributed by atoms with van der Waals surface area (Å²) >= 11 is 0. The number of halogens is 9. The molecule has 15 N–H and O–H groups in total. The smallest absolute Gasteiger partial charge is 0.485 e. The second-order valence-electron chi connectivity index (χ2n) is 4.29. The number of alkyl halides is 9. The molecule has 1 rings (SSSR count). The van der Waals surface area contributed by atoms with Crippen molar-refractivity contribution in [2.24, 2.45) is 0 Å². The SMILES string of the molecule is N.N.N.N.N.O=S(=O)([O-])C(F)(F)F.O=S(=O)([O-])C(F)(F)F.O=S(=O)([O-])C(F)(F)F.[CH]1C=CCCC1.[Os]. The van der Waals surface area contributed by atoms with Crippen LogP contribution in [0.5, 0.6) is 0 Å². The topological polar surface area (TPSA) is 347 Å². The molecule has 0 saturated heterocycles. The van der Waals surface area contributed by atoms with E-state index in [2.05, 4.69) is 18.6 Å². The van der Waals surface area contributed by atoms with E-state index < -0.39 is 46.9 Å². The molecule has 231 valence electrons. The Bertz CT molecular complexity index is 754. The molecule has 0 fully saturated rings. The standard InChI is InChI=1S/C6H9.3CHF3O3S.5H3N.Os/c1-2-4-6-5-3-1;3*2-1(3,4)8(5,6)7;;;;;;/h1-3H,4-6H2;3*(H,5,6,7);5*1H3;/p-3. The molecule has 0 saturated carbocycles. The van der Waals surface area contributed by atoms with Gasteiger partial charge in [0, 0.05) is 19.8 Å². The van der Waals surface area contributed by atoms with Gasteiger partial charge in [-0.15, -0.1) is 0 Å². The summed E-state index contributed by atoms with van der Waals surface area (Å²) in [6.07, 6.45) is 10.5. The molecule has 1 radical (unpaired) electrons. The Morgan fingerprint density at radius 1 is 0.528 bits per heavy atom. The third-order valence-electron chi connectivity index (χ3n) is 1.86. The van der Waals surface area contributed by atoms with Crippen LogP contribution in [0.15, 0.2) is 12.2 Å². The molecule has 0 spiro atoms. The van der Waals surface area contributed by atoms with E-state index in [9.17, 15) is 39.5 Å². The van der Waals surface area contributed by atoms with Crippen LogP contribution in [0, 0.1) is 6.42 Å². The second-order valence-corrected chi connectivity index (χ2v) is 8.41. The van der Waals surface area contributed by atoms with E-state index in [4.69, 9.17) is 38.9 Å². The molecule has 0 aromatic carbocycles. The molecule has 0 aromatic rings. The maximum atomic E-state index is 10.7. The summed E-state index contributed by atoms with van der Waals surface area (Å²) in [6.45, 7) is 0. The van der Waals surface area contributed by atoms with Gasteiger partial charge in [-0.05, 0) is 25.7 Å². The van der Waals surface area contributed by atoms with Gasteiger partial charge in [0.1, 0.15) is 0 Å². The van der Waals surface area contributed by atoms with E-state index in [0.29, 0.717) is 0 Å². The summed E-state index contributed by atoms with van der Waals surface area (Å²) in [4.78, 5) is 0. The van der Waals surface area contributed by atoms with Crippen LogP contribution in [0.25, 0.3) is 0 Å². The molecule has 14 nitrogen and oxygen atoms in total. The van der Waals surface area contributed by atoms with E-state index in [1.54, 1.807) is 0 Å². The van der Waals surface area contributed by atoms with Crippen molar-refractivity contribution >= 4 is 30.4 Å². The Labute approximate surface area is 213 Å². The van der Waals surface area contributed by atoms with Crippen molar-refractivity contribution in [1.82, 2.24) is 30.8 Å². The molecule has 1 aliphatic rings. The van der Waals surface area contributed by atoms with E-state index in [1.165, 1.54) is 19.3 Å². The fraction of sp³-hybridized carbons (Fsp3) is 0.667. The molecule has 27 heteroatoms. The van der Waals surface area contributed by atoms with Gasteiger partial charge in [0.05, 0.1) is 0 Å². The van der Waals surface area contributed by atoms with Crippen molar-refractivity contribution in [2.75, 3.05) is 0 Å². The van der Waals surface area contributed by atoms with E-state index in [-0.39, 0.29) is 50.5 Å². The van der Waals surface area contributed by atoms with Crippen molar-refractivity contribution in [2.45, 2.75) is 35.8 Å². The van der Waals surface area contributed by atoms with Gasteiger partial charge in [-0.25, -0.2) is 25.3 Å². The first-order valence-corrected chi connectivity index (χ1v) is 10.5. The molecule has 0 bridgehead atoms. The third kappa shape index (κ3) is 33.3. The van der Waals surface area contributed by atoms with Crippen LogP contribution >= 0.6 is 0 Å². The minimum absolute atomic E-state index is 0. The summed E-state index contributed by atoms with van der Waals surface area (Å²) in [6, 6.07) is 0. The summed E-state index contributed by atoms with van der Waals surface area (Å²) in [7, 11) is -18.3. The van der Waals surface area contributed by atoms with Gasteiger partial charge in [0.2, 0.25) is 0 Å². The Kier molecular flexibility index (Phi) is 37.1. The van der Waals surface area contributed by atoms with Gasteiger partial charge in [-0.1, -0.05) is 12.2 Å². The van der Waals surface area contributed by atoms with Crippen molar-refractivity contribution in [3.8, 4) is 0 Å². The quantitative estimate of drug-likeness (QED) is 0.134. The van der Waals surface area contributed by atoms with Crippen LogP contribution in [0.3, 0.4) is 0 Å². The first-order chi connectivity index (χ1) is 12.8. The number of allylic oxidation sites excluding steroid dienone is 2. The van der Waals surface area contributed by atoms with Gasteiger partial charge >= 0.3 is 16.5 Å². The van der Waals surface area contributed by atoms with Gasteiger partial charge in [-0.3, -0.25) is 0 Å². The van der Waals surface area contributed by atoms with Crippen molar-refractivity contribution < 1.29 is 98.2 Å². The summed E-state index contributed by atoms with van der Waals surface area (Å²) in [5.41, 5.74) is -16.9. The number of hydrogen-bond donors (Lipinski definition) is 5. The van der Waals surface area contributed by atoms with Crippen molar-refractivity contribution in [3.63, 3.8) is 0 Å². The Balaban J connectivity index is -0.0000000366. The summed E-state index contributed by atoms with van der Waals surface area (Å²) in [5, 5.41) is 0. The van der Waals surface area contributed by atoms with E-state index >= 15 is 0 Å². The molecule has 0 heterocycles. The monoisotopic (exact) mass is 805 g/mol. The third-order valence-corrected chi connectivity index (χ3v) is 3.57. The minimum Gasteiger partial charge on any atom is -0.741 e. The number of rotatable bonds is 0. The van der Waals surface area contributed by atoms with Crippen LogP contribution in [-0.2, 0) is 50.1 Å². The van der Waals surface area contributed by atoms with E-state index in [1.807, 2.05) is 0 Å². The van der Waals surface area contributed by atoms with Crippen LogP contribution < -0.4 is 30.8 Å². The predicted octanol–water partition coefficient (Wildman–Crippen LogP) is 2.89. The zero-order chi connectivity index (χ0) is 25.2. The normalized spacial score (nSPS) is 12.9. The average molecular weight is 804 g/mol. The fourth-order valence-electron chi connectivity index (χ4n) is 0.642. The van der Waals surface area contributed by atoms with Gasteiger partial charge in [0.25, 0.3) is 0 Å². The van der Waals surface area contributed by atoms with Gasteiger partial charge < -0.3 is 44.4 Å². The molecular weight excluding hydrogens is 780 g/mol. The molecule has 36 heavy (non-hydrogen) atoms. The Morgan fingerprint density at radius 3 is 0.750 bits per heavy atom. The molecule has 0 aromatic heterocycles. The first kappa shape index (κ1) is 60.0. The maximum absolute atomic E-state index is 10.7. The summed E-state index contributed by atoms with van der Waals surface area (Å²) < 4.78 is 177. The molecule has 0 amide bonds. The second kappa shape index (κ2) is 22.3. The Hall–Kier alpha value is -0.724. The molecular formula is C9H24F9N5O9OsS3-3. The van der Waals surface area contributed by atoms with Crippen LogP contribution in [0.1, 0.15) is 19.3 Å². The average Bonchev–Trinajstić information content (AvgIpc) is 2.44. The van der Waals surface area contributed by atoms with Crippen LogP contribution in [0.4, 0.5) is 39.5 Å². The van der Waals surface area contributed by atoms with Crippen molar-refractivity contribution in [3.05, 3.63) is 18.6 Å². The van der Waals surface area contributed by atoms with Gasteiger partial charge in [-0.2, -0.15) is 39.5 Å². The van der Waals surface area contributed by atoms with Crippen molar-refractivity contribution in [1.29, 1.82) is 0 Å². The minimum atomic E-state index is -6.09. The number of hydrogen-bond acceptors (Lipinski definition) is 14. The fourth-order valence-corrected chi connectivity index (χ4v) is 0.642. The van der Waals surface area contributed by atoms with Gasteiger partial charge in [0.15, 0.2) is 30.4 Å². The first-order valence-electron chi connectivity index (χ1n) is 6.30. The zero-order valence-corrected chi connectivity index (χ0v) is 22.5. The molecule has 1 aliphatic carbocycles. The van der Waals surface area contributed by atoms with E-state index in [0.717, 1.165) is 0 Å². The zero-order valence-electron chi connectivity index (χ0n) is 17.5. The Morgan fingerprint density at radius 2 is 0.722 bits per heavy atom. The summed E-state index contributed by atoms with van der Waals surface area (Å²) in [5.74, 6) is 0. The predicted molar refractivity (Wildman–Crippen MR) is 99.7 cm³/mol. The molecule has 0 unspecified atom stereocenters. The van der Waals surface area contributed by atoms with Crippen LogP contribution in [-0.4, -0.2) is 55.4 Å². The maximum Gasteiger partial charge on any atom is 0.485 e.